The molecule has 1 aliphatic carbocycles. The lowest BCUT2D eigenvalue weighted by atomic mass is 10.0. The fourth-order valence-corrected chi connectivity index (χ4v) is 4.33. The molecule has 1 atom stereocenters. The van der Waals surface area contributed by atoms with Gasteiger partial charge in [0.05, 0.1) is 23.7 Å². The number of aryl methyl sites for hydroxylation is 1. The number of hydrogen-bond donors (Lipinski definition) is 1. The minimum atomic E-state index is 0.593. The van der Waals surface area contributed by atoms with Crippen LogP contribution in [0.15, 0.2) is 30.7 Å². The maximum Gasteiger partial charge on any atom is 0.0954 e. The van der Waals surface area contributed by atoms with Gasteiger partial charge < -0.3 is 4.57 Å². The zero-order valence-corrected chi connectivity index (χ0v) is 13.9. The monoisotopic (exact) mass is 321 g/mol. The fraction of sp³-hybridized carbons (Fsp3) is 0.474. The van der Waals surface area contributed by atoms with Crippen molar-refractivity contribution in [2.45, 2.75) is 44.7 Å². The Morgan fingerprint density at radius 1 is 1.21 bits per heavy atom. The molecule has 0 saturated carbocycles. The van der Waals surface area contributed by atoms with Crippen LogP contribution in [-0.4, -0.2) is 37.7 Å². The van der Waals surface area contributed by atoms with E-state index < -0.39 is 0 Å². The molecule has 5 nitrogen and oxygen atoms in total. The van der Waals surface area contributed by atoms with E-state index in [4.69, 9.17) is 0 Å². The number of aromatic amines is 1. The second kappa shape index (κ2) is 5.74. The molecule has 1 aromatic carbocycles. The second-order valence-electron chi connectivity index (χ2n) is 7.22. The number of aromatic nitrogens is 4. The quantitative estimate of drug-likeness (QED) is 0.806. The van der Waals surface area contributed by atoms with Crippen LogP contribution < -0.4 is 0 Å². The van der Waals surface area contributed by atoms with Crippen LogP contribution in [0.3, 0.4) is 0 Å². The molecular weight excluding hydrogens is 298 g/mol. The van der Waals surface area contributed by atoms with Gasteiger partial charge in [0, 0.05) is 36.8 Å². The van der Waals surface area contributed by atoms with Gasteiger partial charge in [0.2, 0.25) is 0 Å². The normalized spacial score (nSPS) is 21.4. The lowest BCUT2D eigenvalue weighted by molar-refractivity contribution is 0.315. The van der Waals surface area contributed by atoms with Gasteiger partial charge >= 0.3 is 0 Å². The standard InChI is InChI=1S/C19H23N5/c1-2-4-19-17(3-1)20-13-24(19)16-7-8-23(12-16)11-14-5-6-15-10-21-22-18(15)9-14/h5-6,9-10,13,16H,1-4,7-8,11-12H2,(H,21,22)/t16-/m0/s1. The van der Waals surface area contributed by atoms with E-state index in [1.54, 1.807) is 0 Å². The molecule has 2 aromatic heterocycles. The van der Waals surface area contributed by atoms with Gasteiger partial charge in [0.15, 0.2) is 0 Å². The zero-order chi connectivity index (χ0) is 15.9. The third-order valence-corrected chi connectivity index (χ3v) is 5.61. The highest BCUT2D eigenvalue weighted by Crippen LogP contribution is 2.29. The van der Waals surface area contributed by atoms with E-state index in [0.717, 1.165) is 18.6 Å². The molecule has 2 aliphatic rings. The first-order chi connectivity index (χ1) is 11.9. The molecular formula is C19H23N5. The maximum absolute atomic E-state index is 4.67. The lowest BCUT2D eigenvalue weighted by Gasteiger charge is -2.20. The van der Waals surface area contributed by atoms with E-state index in [1.807, 2.05) is 6.20 Å². The smallest absolute Gasteiger partial charge is 0.0954 e. The van der Waals surface area contributed by atoms with Gasteiger partial charge in [0.25, 0.3) is 0 Å². The third-order valence-electron chi connectivity index (χ3n) is 5.61. The van der Waals surface area contributed by atoms with Crippen LogP contribution in [0.2, 0.25) is 0 Å². The molecule has 1 fully saturated rings. The Morgan fingerprint density at radius 3 is 3.17 bits per heavy atom. The highest BCUT2D eigenvalue weighted by Gasteiger charge is 2.27. The van der Waals surface area contributed by atoms with Gasteiger partial charge in [-0.25, -0.2) is 4.98 Å². The molecule has 0 bridgehead atoms. The Hall–Kier alpha value is -2.14. The molecule has 1 aliphatic heterocycles. The van der Waals surface area contributed by atoms with Crippen molar-refractivity contribution in [3.63, 3.8) is 0 Å². The Labute approximate surface area is 141 Å². The van der Waals surface area contributed by atoms with Crippen LogP contribution >= 0.6 is 0 Å². The molecule has 3 heterocycles. The molecule has 3 aromatic rings. The summed E-state index contributed by atoms with van der Waals surface area (Å²) < 4.78 is 2.48. The van der Waals surface area contributed by atoms with Crippen LogP contribution in [0.1, 0.15) is 42.3 Å². The van der Waals surface area contributed by atoms with E-state index >= 15 is 0 Å². The minimum Gasteiger partial charge on any atom is -0.330 e. The summed E-state index contributed by atoms with van der Waals surface area (Å²) >= 11 is 0. The second-order valence-corrected chi connectivity index (χ2v) is 7.22. The number of nitrogens with zero attached hydrogens (tertiary/aromatic N) is 4. The molecule has 0 amide bonds. The number of nitrogens with one attached hydrogen (secondary N) is 1. The first kappa shape index (κ1) is 14.2. The average molecular weight is 321 g/mol. The number of hydrogen-bond acceptors (Lipinski definition) is 3. The summed E-state index contributed by atoms with van der Waals surface area (Å²) in [5.74, 6) is 0. The number of H-pyrrole nitrogens is 1. The summed E-state index contributed by atoms with van der Waals surface area (Å²) in [5, 5.41) is 8.36. The molecule has 124 valence electrons. The summed E-state index contributed by atoms with van der Waals surface area (Å²) in [6.45, 7) is 3.31. The van der Waals surface area contributed by atoms with E-state index in [2.05, 4.69) is 49.2 Å². The molecule has 1 saturated heterocycles. The Morgan fingerprint density at radius 2 is 2.17 bits per heavy atom. The van der Waals surface area contributed by atoms with Crippen LogP contribution in [0.5, 0.6) is 0 Å². The van der Waals surface area contributed by atoms with Crippen molar-refractivity contribution < 1.29 is 0 Å². The fourth-order valence-electron chi connectivity index (χ4n) is 4.33. The van der Waals surface area contributed by atoms with Gasteiger partial charge in [-0.1, -0.05) is 12.1 Å². The summed E-state index contributed by atoms with van der Waals surface area (Å²) in [6.07, 6.45) is 10.2. The van der Waals surface area contributed by atoms with Crippen LogP contribution in [-0.2, 0) is 19.4 Å². The number of fused-ring (bicyclic) bond motifs is 2. The number of benzene rings is 1. The van der Waals surface area contributed by atoms with Crippen LogP contribution in [0.4, 0.5) is 0 Å². The van der Waals surface area contributed by atoms with Gasteiger partial charge in [-0.15, -0.1) is 0 Å². The first-order valence-electron chi connectivity index (χ1n) is 9.06. The third kappa shape index (κ3) is 2.44. The zero-order valence-electron chi connectivity index (χ0n) is 13.9. The van der Waals surface area contributed by atoms with Crippen LogP contribution in [0.25, 0.3) is 10.9 Å². The molecule has 0 spiro atoms. The van der Waals surface area contributed by atoms with E-state index in [1.165, 1.54) is 61.0 Å². The molecule has 1 N–H and O–H groups in total. The van der Waals surface area contributed by atoms with E-state index in [-0.39, 0.29) is 0 Å². The van der Waals surface area contributed by atoms with Gasteiger partial charge in [0.1, 0.15) is 0 Å². The number of imidazole rings is 1. The number of likely N-dealkylation sites (tertiary alicyclic amines) is 1. The van der Waals surface area contributed by atoms with Gasteiger partial charge in [-0.05, 0) is 43.7 Å². The average Bonchev–Trinajstić information content (AvgIpc) is 3.33. The van der Waals surface area contributed by atoms with Crippen molar-refractivity contribution in [3.05, 3.63) is 47.7 Å². The molecule has 24 heavy (non-hydrogen) atoms. The first-order valence-corrected chi connectivity index (χ1v) is 9.06. The van der Waals surface area contributed by atoms with Crippen molar-refractivity contribution in [1.29, 1.82) is 0 Å². The number of rotatable bonds is 3. The highest BCUT2D eigenvalue weighted by molar-refractivity contribution is 5.78. The van der Waals surface area contributed by atoms with Crippen molar-refractivity contribution in [3.8, 4) is 0 Å². The molecule has 5 rings (SSSR count). The van der Waals surface area contributed by atoms with E-state index in [9.17, 15) is 0 Å². The summed E-state index contributed by atoms with van der Waals surface area (Å²) in [6, 6.07) is 7.21. The summed E-state index contributed by atoms with van der Waals surface area (Å²) in [7, 11) is 0. The Kier molecular flexibility index (Phi) is 3.40. The Bertz CT molecular complexity index is 862. The van der Waals surface area contributed by atoms with Crippen LogP contribution in [0, 0.1) is 0 Å². The summed E-state index contributed by atoms with van der Waals surface area (Å²) in [5.41, 5.74) is 5.35. The van der Waals surface area contributed by atoms with Gasteiger partial charge in [-0.2, -0.15) is 5.10 Å². The Balaban J connectivity index is 1.31. The van der Waals surface area contributed by atoms with Crippen molar-refractivity contribution in [1.82, 2.24) is 24.6 Å². The van der Waals surface area contributed by atoms with Gasteiger partial charge in [-0.3, -0.25) is 10.00 Å². The highest BCUT2D eigenvalue weighted by atomic mass is 15.2. The minimum absolute atomic E-state index is 0.593. The largest absolute Gasteiger partial charge is 0.330 e. The maximum atomic E-state index is 4.67. The predicted molar refractivity (Wildman–Crippen MR) is 93.9 cm³/mol. The van der Waals surface area contributed by atoms with Crippen molar-refractivity contribution in [2.24, 2.45) is 0 Å². The molecule has 0 unspecified atom stereocenters. The molecule has 5 heteroatoms. The predicted octanol–water partition coefficient (Wildman–Crippen LogP) is 3.09. The summed E-state index contributed by atoms with van der Waals surface area (Å²) in [4.78, 5) is 7.24. The molecule has 0 radical (unpaired) electrons. The SMILES string of the molecule is c1cc2cn[nH]c2cc1CN1CC[C@H](n2cnc3c2CCCC3)C1. The topological polar surface area (TPSA) is 49.7 Å². The van der Waals surface area contributed by atoms with Crippen molar-refractivity contribution in [2.75, 3.05) is 13.1 Å². The lowest BCUT2D eigenvalue weighted by Crippen LogP contribution is -2.22. The van der Waals surface area contributed by atoms with Crippen molar-refractivity contribution >= 4 is 10.9 Å². The van der Waals surface area contributed by atoms with E-state index in [0.29, 0.717) is 6.04 Å².